The molecular weight excluding hydrogens is 326 g/mol. The van der Waals surface area contributed by atoms with Crippen LogP contribution in [0.5, 0.6) is 5.75 Å². The minimum Gasteiger partial charge on any atom is -0.489 e. The number of carbonyl (C=O) groups is 1. The summed E-state index contributed by atoms with van der Waals surface area (Å²) in [5, 5.41) is 14.4. The summed E-state index contributed by atoms with van der Waals surface area (Å²) < 4.78 is 6.08. The summed E-state index contributed by atoms with van der Waals surface area (Å²) in [7, 11) is 0. The smallest absolute Gasteiger partial charge is 0.320 e. The number of nitrogens with one attached hydrogen (secondary N) is 1. The maximum absolute atomic E-state index is 11.1. The van der Waals surface area contributed by atoms with E-state index in [0.717, 1.165) is 27.6 Å². The topological polar surface area (TPSA) is 58.6 Å². The van der Waals surface area contributed by atoms with Gasteiger partial charge in [0.1, 0.15) is 18.4 Å². The number of fused-ring (bicyclic) bond motifs is 1. The van der Waals surface area contributed by atoms with E-state index >= 15 is 0 Å². The number of benzene rings is 3. The Morgan fingerprint density at radius 3 is 2.54 bits per heavy atom. The number of carboxylic acids is 1. The molecule has 134 valence electrons. The average molecular weight is 349 g/mol. The van der Waals surface area contributed by atoms with Gasteiger partial charge in [0.15, 0.2) is 0 Å². The van der Waals surface area contributed by atoms with Crippen LogP contribution in [0.15, 0.2) is 60.7 Å². The van der Waals surface area contributed by atoms with Gasteiger partial charge in [0.2, 0.25) is 0 Å². The van der Waals surface area contributed by atoms with Crippen LogP contribution in [0.4, 0.5) is 0 Å². The van der Waals surface area contributed by atoms with Crippen LogP contribution in [0, 0.1) is 6.92 Å². The van der Waals surface area contributed by atoms with Crippen molar-refractivity contribution >= 4 is 16.7 Å². The van der Waals surface area contributed by atoms with Gasteiger partial charge in [0.25, 0.3) is 0 Å². The van der Waals surface area contributed by atoms with E-state index in [0.29, 0.717) is 13.2 Å². The fourth-order valence-corrected chi connectivity index (χ4v) is 2.82. The maximum atomic E-state index is 11.1. The first kappa shape index (κ1) is 18.0. The van der Waals surface area contributed by atoms with Crippen molar-refractivity contribution in [1.82, 2.24) is 5.32 Å². The first-order chi connectivity index (χ1) is 12.5. The lowest BCUT2D eigenvalue weighted by atomic mass is 10.0. The van der Waals surface area contributed by atoms with Crippen molar-refractivity contribution in [2.45, 2.75) is 33.0 Å². The van der Waals surface area contributed by atoms with Crippen LogP contribution in [-0.4, -0.2) is 17.1 Å². The molecule has 0 aliphatic carbocycles. The third-order valence-corrected chi connectivity index (χ3v) is 4.47. The summed E-state index contributed by atoms with van der Waals surface area (Å²) in [6.45, 7) is 4.60. The van der Waals surface area contributed by atoms with Gasteiger partial charge in [-0.2, -0.15) is 0 Å². The number of hydrogen-bond donors (Lipinski definition) is 2. The standard InChI is InChI=1S/C22H23NO3/c1-15-7-9-17(10-8-15)14-26-21-12-11-18-5-3-4-6-19(18)20(21)13-23-16(2)22(24)25/h3-12,16,23H,13-14H2,1-2H3,(H,24,25). The van der Waals surface area contributed by atoms with Crippen molar-refractivity contribution < 1.29 is 14.6 Å². The van der Waals surface area contributed by atoms with Crippen molar-refractivity contribution in [1.29, 1.82) is 0 Å². The Hall–Kier alpha value is -2.85. The molecule has 4 heteroatoms. The third-order valence-electron chi connectivity index (χ3n) is 4.47. The van der Waals surface area contributed by atoms with Crippen LogP contribution < -0.4 is 10.1 Å². The minimum absolute atomic E-state index is 0.429. The van der Waals surface area contributed by atoms with Gasteiger partial charge < -0.3 is 15.2 Å². The largest absolute Gasteiger partial charge is 0.489 e. The lowest BCUT2D eigenvalue weighted by Gasteiger charge is -2.16. The van der Waals surface area contributed by atoms with Crippen molar-refractivity contribution in [2.24, 2.45) is 0 Å². The molecule has 0 bridgehead atoms. The highest BCUT2D eigenvalue weighted by Crippen LogP contribution is 2.29. The molecule has 0 fully saturated rings. The monoisotopic (exact) mass is 349 g/mol. The summed E-state index contributed by atoms with van der Waals surface area (Å²) in [6.07, 6.45) is 0. The van der Waals surface area contributed by atoms with Gasteiger partial charge in [0.05, 0.1) is 0 Å². The van der Waals surface area contributed by atoms with Gasteiger partial charge in [-0.15, -0.1) is 0 Å². The van der Waals surface area contributed by atoms with E-state index in [-0.39, 0.29) is 0 Å². The number of hydrogen-bond acceptors (Lipinski definition) is 3. The van der Waals surface area contributed by atoms with Gasteiger partial charge in [-0.3, -0.25) is 4.79 Å². The molecule has 0 aromatic heterocycles. The normalized spacial score (nSPS) is 12.1. The van der Waals surface area contributed by atoms with Crippen LogP contribution in [0.1, 0.15) is 23.6 Å². The van der Waals surface area contributed by atoms with E-state index in [1.54, 1.807) is 6.92 Å². The van der Waals surface area contributed by atoms with E-state index in [4.69, 9.17) is 9.84 Å². The lowest BCUT2D eigenvalue weighted by Crippen LogP contribution is -2.33. The predicted molar refractivity (Wildman–Crippen MR) is 103 cm³/mol. The molecule has 0 heterocycles. The van der Waals surface area contributed by atoms with E-state index in [1.807, 2.05) is 36.4 Å². The first-order valence-electron chi connectivity index (χ1n) is 8.70. The van der Waals surface area contributed by atoms with Crippen molar-refractivity contribution in [3.63, 3.8) is 0 Å². The maximum Gasteiger partial charge on any atom is 0.320 e. The highest BCUT2D eigenvalue weighted by Gasteiger charge is 2.14. The molecule has 1 unspecified atom stereocenters. The molecule has 2 N–H and O–H groups in total. The number of carboxylic acid groups (broad SMARTS) is 1. The van der Waals surface area contributed by atoms with Gasteiger partial charge in [-0.05, 0) is 36.2 Å². The van der Waals surface area contributed by atoms with Crippen molar-refractivity contribution in [2.75, 3.05) is 0 Å². The Morgan fingerprint density at radius 2 is 1.81 bits per heavy atom. The van der Waals surface area contributed by atoms with Crippen LogP contribution in [0.2, 0.25) is 0 Å². The van der Waals surface area contributed by atoms with E-state index in [2.05, 4.69) is 36.5 Å². The number of aliphatic carboxylic acids is 1. The van der Waals surface area contributed by atoms with Crippen molar-refractivity contribution in [3.05, 3.63) is 77.4 Å². The number of aryl methyl sites for hydroxylation is 1. The molecule has 3 aromatic carbocycles. The fourth-order valence-electron chi connectivity index (χ4n) is 2.82. The predicted octanol–water partition coefficient (Wildman–Crippen LogP) is 4.29. The SMILES string of the molecule is Cc1ccc(COc2ccc3ccccc3c2CNC(C)C(=O)O)cc1. The summed E-state index contributed by atoms with van der Waals surface area (Å²) >= 11 is 0. The van der Waals surface area contributed by atoms with Gasteiger partial charge in [-0.25, -0.2) is 0 Å². The second-order valence-corrected chi connectivity index (χ2v) is 6.48. The zero-order valence-electron chi connectivity index (χ0n) is 15.0. The molecule has 3 rings (SSSR count). The Kier molecular flexibility index (Phi) is 5.54. The molecule has 3 aromatic rings. The Labute approximate surface area is 153 Å². The molecule has 0 radical (unpaired) electrons. The molecular formula is C22H23NO3. The first-order valence-corrected chi connectivity index (χ1v) is 8.70. The summed E-state index contributed by atoms with van der Waals surface area (Å²) in [5.74, 6) is -0.0956. The van der Waals surface area contributed by atoms with Crippen LogP contribution >= 0.6 is 0 Å². The second-order valence-electron chi connectivity index (χ2n) is 6.48. The summed E-state index contributed by atoms with van der Waals surface area (Å²) in [6, 6.07) is 19.7. The van der Waals surface area contributed by atoms with Crippen LogP contribution in [-0.2, 0) is 17.9 Å². The third kappa shape index (κ3) is 4.21. The minimum atomic E-state index is -0.868. The summed E-state index contributed by atoms with van der Waals surface area (Å²) in [5.41, 5.74) is 3.29. The van der Waals surface area contributed by atoms with Gasteiger partial charge >= 0.3 is 5.97 Å². The molecule has 1 atom stereocenters. The molecule has 0 saturated heterocycles. The zero-order chi connectivity index (χ0) is 18.5. The molecule has 0 aliphatic rings. The Balaban J connectivity index is 1.86. The van der Waals surface area contributed by atoms with E-state index in [9.17, 15) is 4.79 Å². The average Bonchev–Trinajstić information content (AvgIpc) is 2.65. The second kappa shape index (κ2) is 8.02. The van der Waals surface area contributed by atoms with Gasteiger partial charge in [-0.1, -0.05) is 60.2 Å². The highest BCUT2D eigenvalue weighted by molar-refractivity contribution is 5.87. The van der Waals surface area contributed by atoms with Gasteiger partial charge in [0, 0.05) is 12.1 Å². The summed E-state index contributed by atoms with van der Waals surface area (Å²) in [4.78, 5) is 11.1. The Morgan fingerprint density at radius 1 is 1.08 bits per heavy atom. The molecule has 26 heavy (non-hydrogen) atoms. The highest BCUT2D eigenvalue weighted by atomic mass is 16.5. The molecule has 0 aliphatic heterocycles. The number of ether oxygens (including phenoxy) is 1. The molecule has 0 amide bonds. The molecule has 0 spiro atoms. The van der Waals surface area contributed by atoms with E-state index < -0.39 is 12.0 Å². The lowest BCUT2D eigenvalue weighted by molar-refractivity contribution is -0.139. The molecule has 0 saturated carbocycles. The number of rotatable bonds is 7. The molecule has 4 nitrogen and oxygen atoms in total. The van der Waals surface area contributed by atoms with Crippen LogP contribution in [0.25, 0.3) is 10.8 Å². The fraction of sp³-hybridized carbons (Fsp3) is 0.227. The Bertz CT molecular complexity index is 903. The van der Waals surface area contributed by atoms with Crippen LogP contribution in [0.3, 0.4) is 0 Å². The quantitative estimate of drug-likeness (QED) is 0.668. The van der Waals surface area contributed by atoms with Crippen molar-refractivity contribution in [3.8, 4) is 5.75 Å². The zero-order valence-corrected chi connectivity index (χ0v) is 15.0. The van der Waals surface area contributed by atoms with E-state index in [1.165, 1.54) is 5.56 Å².